The number of aliphatic hydroxyl groups excluding tert-OH is 1. The normalized spacial score (nSPS) is 12.4. The van der Waals surface area contributed by atoms with E-state index in [1.807, 2.05) is 48.5 Å². The predicted molar refractivity (Wildman–Crippen MR) is 66.0 cm³/mol. The highest BCUT2D eigenvalue weighted by Crippen LogP contribution is 2.27. The van der Waals surface area contributed by atoms with Crippen LogP contribution in [0.4, 0.5) is 0 Å². The van der Waals surface area contributed by atoms with Crippen LogP contribution in [0.2, 0.25) is 5.02 Å². The number of benzene rings is 2. The standard InChI is InChI=1S/C13H12ClNO/c14-10-7-5-9(6-8-10)11-3-1-2-4-12(11)13(15)16/h1-8,13,16H,15H2. The summed E-state index contributed by atoms with van der Waals surface area (Å²) in [6.07, 6.45) is -0.966. The summed E-state index contributed by atoms with van der Waals surface area (Å²) in [6, 6.07) is 14.9. The first-order valence-electron chi connectivity index (χ1n) is 4.97. The quantitative estimate of drug-likeness (QED) is 0.784. The number of hydrogen-bond acceptors (Lipinski definition) is 2. The van der Waals surface area contributed by atoms with Gasteiger partial charge in [-0.25, -0.2) is 0 Å². The van der Waals surface area contributed by atoms with Gasteiger partial charge in [0.25, 0.3) is 0 Å². The van der Waals surface area contributed by atoms with E-state index in [-0.39, 0.29) is 0 Å². The molecule has 2 aromatic carbocycles. The Morgan fingerprint density at radius 2 is 1.62 bits per heavy atom. The summed E-state index contributed by atoms with van der Waals surface area (Å²) < 4.78 is 0. The van der Waals surface area contributed by atoms with Crippen molar-refractivity contribution in [3.8, 4) is 11.1 Å². The first kappa shape index (κ1) is 11.1. The highest BCUT2D eigenvalue weighted by atomic mass is 35.5. The maximum absolute atomic E-state index is 9.47. The molecule has 0 saturated carbocycles. The first-order chi connectivity index (χ1) is 7.68. The number of nitrogens with two attached hydrogens (primary N) is 1. The van der Waals surface area contributed by atoms with E-state index in [2.05, 4.69) is 0 Å². The zero-order valence-electron chi connectivity index (χ0n) is 8.60. The van der Waals surface area contributed by atoms with Gasteiger partial charge in [-0.3, -0.25) is 0 Å². The van der Waals surface area contributed by atoms with Crippen molar-refractivity contribution < 1.29 is 5.11 Å². The van der Waals surface area contributed by atoms with Gasteiger partial charge < -0.3 is 10.8 Å². The van der Waals surface area contributed by atoms with Crippen molar-refractivity contribution in [1.82, 2.24) is 0 Å². The lowest BCUT2D eigenvalue weighted by Gasteiger charge is -2.11. The highest BCUT2D eigenvalue weighted by molar-refractivity contribution is 6.30. The van der Waals surface area contributed by atoms with Crippen LogP contribution in [0.15, 0.2) is 48.5 Å². The maximum atomic E-state index is 9.47. The summed E-state index contributed by atoms with van der Waals surface area (Å²) in [6.45, 7) is 0. The topological polar surface area (TPSA) is 46.2 Å². The minimum Gasteiger partial charge on any atom is -0.375 e. The second kappa shape index (κ2) is 4.66. The van der Waals surface area contributed by atoms with Crippen LogP contribution in [0, 0.1) is 0 Å². The van der Waals surface area contributed by atoms with Gasteiger partial charge in [-0.2, -0.15) is 0 Å². The molecule has 0 amide bonds. The van der Waals surface area contributed by atoms with Gasteiger partial charge in [0, 0.05) is 10.6 Å². The summed E-state index contributed by atoms with van der Waals surface area (Å²) in [4.78, 5) is 0. The Balaban J connectivity index is 2.51. The SMILES string of the molecule is NC(O)c1ccccc1-c1ccc(Cl)cc1. The van der Waals surface area contributed by atoms with E-state index in [1.54, 1.807) is 0 Å². The third-order valence-electron chi connectivity index (χ3n) is 2.43. The Kier molecular flexibility index (Phi) is 3.25. The molecule has 0 radical (unpaired) electrons. The lowest BCUT2D eigenvalue weighted by molar-refractivity contribution is 0.187. The lowest BCUT2D eigenvalue weighted by Crippen LogP contribution is -2.09. The molecule has 0 spiro atoms. The fraction of sp³-hybridized carbons (Fsp3) is 0.0769. The molecule has 0 aromatic heterocycles. The molecule has 0 bridgehead atoms. The monoisotopic (exact) mass is 233 g/mol. The lowest BCUT2D eigenvalue weighted by atomic mass is 9.99. The van der Waals surface area contributed by atoms with E-state index < -0.39 is 6.23 Å². The van der Waals surface area contributed by atoms with Crippen LogP contribution in [0.1, 0.15) is 11.8 Å². The van der Waals surface area contributed by atoms with Gasteiger partial charge in [-0.15, -0.1) is 0 Å². The minimum atomic E-state index is -0.966. The van der Waals surface area contributed by atoms with E-state index in [1.165, 1.54) is 0 Å². The molecule has 16 heavy (non-hydrogen) atoms. The van der Waals surface area contributed by atoms with Crippen molar-refractivity contribution in [3.63, 3.8) is 0 Å². The second-order valence-corrected chi connectivity index (χ2v) is 3.98. The van der Waals surface area contributed by atoms with E-state index >= 15 is 0 Å². The van der Waals surface area contributed by atoms with E-state index in [0.717, 1.165) is 11.1 Å². The fourth-order valence-corrected chi connectivity index (χ4v) is 1.77. The molecule has 0 aliphatic rings. The fourth-order valence-electron chi connectivity index (χ4n) is 1.65. The van der Waals surface area contributed by atoms with Gasteiger partial charge in [0.05, 0.1) is 0 Å². The molecule has 3 N–H and O–H groups in total. The summed E-state index contributed by atoms with van der Waals surface area (Å²) in [5, 5.41) is 10.2. The van der Waals surface area contributed by atoms with Gasteiger partial charge in [0.1, 0.15) is 6.23 Å². The summed E-state index contributed by atoms with van der Waals surface area (Å²) >= 11 is 5.83. The smallest absolute Gasteiger partial charge is 0.129 e. The van der Waals surface area contributed by atoms with Crippen molar-refractivity contribution in [1.29, 1.82) is 0 Å². The summed E-state index contributed by atoms with van der Waals surface area (Å²) in [5.74, 6) is 0. The van der Waals surface area contributed by atoms with Gasteiger partial charge in [-0.05, 0) is 23.3 Å². The van der Waals surface area contributed by atoms with Gasteiger partial charge in [-0.1, -0.05) is 48.0 Å². The van der Waals surface area contributed by atoms with Crippen molar-refractivity contribution in [3.05, 3.63) is 59.1 Å². The second-order valence-electron chi connectivity index (χ2n) is 3.54. The molecule has 1 atom stereocenters. The highest BCUT2D eigenvalue weighted by Gasteiger charge is 2.08. The van der Waals surface area contributed by atoms with E-state index in [4.69, 9.17) is 17.3 Å². The Bertz CT molecular complexity index is 480. The van der Waals surface area contributed by atoms with Crippen molar-refractivity contribution >= 4 is 11.6 Å². The molecule has 1 unspecified atom stereocenters. The molecule has 82 valence electrons. The molecular formula is C13H12ClNO. The molecule has 0 fully saturated rings. The molecule has 0 heterocycles. The number of hydrogen-bond donors (Lipinski definition) is 2. The van der Waals surface area contributed by atoms with Crippen LogP contribution in [0.3, 0.4) is 0 Å². The Hall–Kier alpha value is -1.35. The molecule has 2 aromatic rings. The third-order valence-corrected chi connectivity index (χ3v) is 2.69. The molecule has 2 rings (SSSR count). The van der Waals surface area contributed by atoms with Gasteiger partial charge >= 0.3 is 0 Å². The van der Waals surface area contributed by atoms with Crippen LogP contribution in [0.25, 0.3) is 11.1 Å². The molecule has 3 heteroatoms. The molecular weight excluding hydrogens is 222 g/mol. The van der Waals surface area contributed by atoms with Crippen LogP contribution in [-0.2, 0) is 0 Å². The zero-order chi connectivity index (χ0) is 11.5. The van der Waals surface area contributed by atoms with Crippen LogP contribution in [0.5, 0.6) is 0 Å². The molecule has 0 saturated heterocycles. The largest absolute Gasteiger partial charge is 0.375 e. The van der Waals surface area contributed by atoms with Crippen LogP contribution < -0.4 is 5.73 Å². The number of aliphatic hydroxyl groups is 1. The van der Waals surface area contributed by atoms with Crippen molar-refractivity contribution in [2.24, 2.45) is 5.73 Å². The Morgan fingerprint density at radius 1 is 1.00 bits per heavy atom. The Labute approximate surface area is 99.3 Å². The van der Waals surface area contributed by atoms with Gasteiger partial charge in [0.15, 0.2) is 0 Å². The van der Waals surface area contributed by atoms with Gasteiger partial charge in [0.2, 0.25) is 0 Å². The van der Waals surface area contributed by atoms with Crippen LogP contribution in [-0.4, -0.2) is 5.11 Å². The molecule has 0 aliphatic carbocycles. The Morgan fingerprint density at radius 3 is 2.25 bits per heavy atom. The summed E-state index contributed by atoms with van der Waals surface area (Å²) in [5.41, 5.74) is 8.14. The van der Waals surface area contributed by atoms with Crippen LogP contribution >= 0.6 is 11.6 Å². The zero-order valence-corrected chi connectivity index (χ0v) is 9.35. The number of halogens is 1. The molecule has 0 aliphatic heterocycles. The number of rotatable bonds is 2. The third kappa shape index (κ3) is 2.25. The average molecular weight is 234 g/mol. The summed E-state index contributed by atoms with van der Waals surface area (Å²) in [7, 11) is 0. The first-order valence-corrected chi connectivity index (χ1v) is 5.35. The van der Waals surface area contributed by atoms with E-state index in [0.29, 0.717) is 10.6 Å². The minimum absolute atomic E-state index is 0.689. The predicted octanol–water partition coefficient (Wildman–Crippen LogP) is 2.96. The van der Waals surface area contributed by atoms with Crippen molar-refractivity contribution in [2.75, 3.05) is 0 Å². The van der Waals surface area contributed by atoms with Crippen molar-refractivity contribution in [2.45, 2.75) is 6.23 Å². The maximum Gasteiger partial charge on any atom is 0.129 e. The average Bonchev–Trinajstić information content (AvgIpc) is 2.30. The van der Waals surface area contributed by atoms with E-state index in [9.17, 15) is 5.11 Å². The molecule has 2 nitrogen and oxygen atoms in total.